The summed E-state index contributed by atoms with van der Waals surface area (Å²) >= 11 is 0. The largest absolute Gasteiger partial charge is 0.494 e. The molecule has 0 aromatic heterocycles. The lowest BCUT2D eigenvalue weighted by Crippen LogP contribution is -2.38. The van der Waals surface area contributed by atoms with Gasteiger partial charge in [-0.2, -0.15) is 0 Å². The summed E-state index contributed by atoms with van der Waals surface area (Å²) in [6, 6.07) is 10.8. The molecule has 0 amide bonds. The molecule has 0 spiro atoms. The molecule has 3 nitrogen and oxygen atoms in total. The van der Waals surface area contributed by atoms with Crippen molar-refractivity contribution in [2.24, 2.45) is 0 Å². The van der Waals surface area contributed by atoms with Crippen molar-refractivity contribution in [1.29, 1.82) is 0 Å². The lowest BCUT2D eigenvalue weighted by molar-refractivity contribution is 0.218. The zero-order chi connectivity index (χ0) is 13.3. The van der Waals surface area contributed by atoms with Gasteiger partial charge in [-0.1, -0.05) is 25.1 Å². The lowest BCUT2D eigenvalue weighted by atomic mass is 10.2. The van der Waals surface area contributed by atoms with Crippen LogP contribution in [-0.4, -0.2) is 43.7 Å². The third kappa shape index (κ3) is 4.84. The zero-order valence-electron chi connectivity index (χ0n) is 12.0. The molecule has 1 fully saturated rings. The van der Waals surface area contributed by atoms with Crippen LogP contribution in [0, 0.1) is 0 Å². The summed E-state index contributed by atoms with van der Waals surface area (Å²) in [6.07, 6.45) is 3.79. The van der Waals surface area contributed by atoms with Crippen molar-refractivity contribution >= 4 is 0 Å². The van der Waals surface area contributed by atoms with Gasteiger partial charge in [-0.05, 0) is 44.5 Å². The van der Waals surface area contributed by atoms with Gasteiger partial charge in [-0.3, -0.25) is 4.90 Å². The van der Waals surface area contributed by atoms with E-state index >= 15 is 0 Å². The van der Waals surface area contributed by atoms with E-state index in [2.05, 4.69) is 17.1 Å². The van der Waals surface area contributed by atoms with Gasteiger partial charge in [0.15, 0.2) is 0 Å². The van der Waals surface area contributed by atoms with Gasteiger partial charge < -0.3 is 10.1 Å². The number of para-hydroxylation sites is 1. The van der Waals surface area contributed by atoms with E-state index < -0.39 is 0 Å². The summed E-state index contributed by atoms with van der Waals surface area (Å²) in [7, 11) is 0. The van der Waals surface area contributed by atoms with Crippen LogP contribution < -0.4 is 10.1 Å². The van der Waals surface area contributed by atoms with E-state index in [0.717, 1.165) is 44.5 Å². The van der Waals surface area contributed by atoms with Gasteiger partial charge in [0.1, 0.15) is 5.75 Å². The summed E-state index contributed by atoms with van der Waals surface area (Å²) in [5.74, 6) is 0.980. The fourth-order valence-electron chi connectivity index (χ4n) is 2.71. The molecule has 1 aliphatic heterocycles. The normalized spacial score (nSPS) is 19.7. The maximum Gasteiger partial charge on any atom is 0.119 e. The Morgan fingerprint density at radius 3 is 2.95 bits per heavy atom. The summed E-state index contributed by atoms with van der Waals surface area (Å²) < 4.78 is 5.74. The average Bonchev–Trinajstić information content (AvgIpc) is 2.90. The monoisotopic (exact) mass is 262 g/mol. The number of likely N-dealkylation sites (tertiary alicyclic amines) is 1. The first-order valence-electron chi connectivity index (χ1n) is 7.52. The molecule has 106 valence electrons. The minimum absolute atomic E-state index is 0.733. The Bertz CT molecular complexity index is 342. The van der Waals surface area contributed by atoms with Crippen molar-refractivity contribution < 1.29 is 4.74 Å². The van der Waals surface area contributed by atoms with E-state index in [1.54, 1.807) is 0 Å². The Morgan fingerprint density at radius 1 is 1.32 bits per heavy atom. The van der Waals surface area contributed by atoms with Crippen LogP contribution in [0.1, 0.15) is 26.2 Å². The number of ether oxygens (including phenoxy) is 1. The quantitative estimate of drug-likeness (QED) is 0.729. The Kier molecular flexibility index (Phi) is 6.18. The van der Waals surface area contributed by atoms with Gasteiger partial charge >= 0.3 is 0 Å². The first-order valence-corrected chi connectivity index (χ1v) is 7.52. The number of hydrogen-bond donors (Lipinski definition) is 1. The van der Waals surface area contributed by atoms with Crippen molar-refractivity contribution in [1.82, 2.24) is 10.2 Å². The van der Waals surface area contributed by atoms with E-state index in [9.17, 15) is 0 Å². The summed E-state index contributed by atoms with van der Waals surface area (Å²) in [4.78, 5) is 2.61. The number of hydrogen-bond acceptors (Lipinski definition) is 3. The van der Waals surface area contributed by atoms with Crippen LogP contribution in [0.3, 0.4) is 0 Å². The Labute approximate surface area is 116 Å². The number of nitrogens with zero attached hydrogens (tertiary/aromatic N) is 1. The Balaban J connectivity index is 1.62. The van der Waals surface area contributed by atoms with Gasteiger partial charge in [0.2, 0.25) is 0 Å². The minimum Gasteiger partial charge on any atom is -0.494 e. The van der Waals surface area contributed by atoms with Gasteiger partial charge in [-0.15, -0.1) is 0 Å². The molecule has 2 rings (SSSR count). The second kappa shape index (κ2) is 8.18. The third-order valence-corrected chi connectivity index (χ3v) is 3.73. The molecule has 1 saturated heterocycles. The Hall–Kier alpha value is -1.06. The van der Waals surface area contributed by atoms with Crippen LogP contribution in [0.4, 0.5) is 0 Å². The number of benzene rings is 1. The van der Waals surface area contributed by atoms with Gasteiger partial charge in [0.25, 0.3) is 0 Å². The zero-order valence-corrected chi connectivity index (χ0v) is 12.0. The molecule has 1 aromatic rings. The molecule has 1 unspecified atom stereocenters. The molecule has 1 aliphatic rings. The number of rotatable bonds is 8. The van der Waals surface area contributed by atoms with E-state index in [1.807, 2.05) is 30.3 Å². The van der Waals surface area contributed by atoms with Crippen molar-refractivity contribution in [2.45, 2.75) is 32.2 Å². The SMILES string of the molecule is CCNCC1CCCN1CCCOc1ccccc1. The minimum atomic E-state index is 0.733. The molecule has 0 bridgehead atoms. The standard InChI is InChI=1S/C16H26N2O/c1-2-17-14-15-8-6-11-18(15)12-7-13-19-16-9-4-3-5-10-16/h3-5,9-10,15,17H,2,6-8,11-14H2,1H3. The van der Waals surface area contributed by atoms with Crippen LogP contribution in [0.25, 0.3) is 0 Å². The predicted molar refractivity (Wildman–Crippen MR) is 79.7 cm³/mol. The summed E-state index contributed by atoms with van der Waals surface area (Å²) in [5, 5.41) is 3.46. The van der Waals surface area contributed by atoms with Crippen molar-refractivity contribution in [3.05, 3.63) is 30.3 Å². The molecule has 0 aliphatic carbocycles. The van der Waals surface area contributed by atoms with Crippen LogP contribution >= 0.6 is 0 Å². The fourth-order valence-corrected chi connectivity index (χ4v) is 2.71. The van der Waals surface area contributed by atoms with Crippen LogP contribution in [0.15, 0.2) is 30.3 Å². The molecular formula is C16H26N2O. The van der Waals surface area contributed by atoms with Gasteiger partial charge in [0, 0.05) is 19.1 Å². The number of likely N-dealkylation sites (N-methyl/N-ethyl adjacent to an activating group) is 1. The first kappa shape index (κ1) is 14.4. The van der Waals surface area contributed by atoms with E-state index in [-0.39, 0.29) is 0 Å². The highest BCUT2D eigenvalue weighted by molar-refractivity contribution is 5.20. The molecule has 1 N–H and O–H groups in total. The first-order chi connectivity index (χ1) is 9.40. The summed E-state index contributed by atoms with van der Waals surface area (Å²) in [6.45, 7) is 7.60. The summed E-state index contributed by atoms with van der Waals surface area (Å²) in [5.41, 5.74) is 0. The highest BCUT2D eigenvalue weighted by Crippen LogP contribution is 2.17. The van der Waals surface area contributed by atoms with Crippen LogP contribution in [-0.2, 0) is 0 Å². The van der Waals surface area contributed by atoms with Crippen molar-refractivity contribution in [3.8, 4) is 5.75 Å². The molecule has 1 atom stereocenters. The second-order valence-corrected chi connectivity index (χ2v) is 5.15. The predicted octanol–water partition coefficient (Wildman–Crippen LogP) is 2.53. The van der Waals surface area contributed by atoms with Crippen molar-refractivity contribution in [2.75, 3.05) is 32.8 Å². The molecule has 0 radical (unpaired) electrons. The smallest absolute Gasteiger partial charge is 0.119 e. The third-order valence-electron chi connectivity index (χ3n) is 3.73. The van der Waals surface area contributed by atoms with E-state index in [0.29, 0.717) is 0 Å². The maximum absolute atomic E-state index is 5.74. The highest BCUT2D eigenvalue weighted by Gasteiger charge is 2.22. The topological polar surface area (TPSA) is 24.5 Å². The average molecular weight is 262 g/mol. The molecule has 1 heterocycles. The van der Waals surface area contributed by atoms with Gasteiger partial charge in [-0.25, -0.2) is 0 Å². The molecule has 3 heteroatoms. The van der Waals surface area contributed by atoms with Crippen LogP contribution in [0.5, 0.6) is 5.75 Å². The van der Waals surface area contributed by atoms with E-state index in [1.165, 1.54) is 19.4 Å². The van der Waals surface area contributed by atoms with Crippen LogP contribution in [0.2, 0.25) is 0 Å². The molecule has 1 aromatic carbocycles. The number of nitrogens with one attached hydrogen (secondary N) is 1. The highest BCUT2D eigenvalue weighted by atomic mass is 16.5. The Morgan fingerprint density at radius 2 is 2.16 bits per heavy atom. The molecule has 0 saturated carbocycles. The fraction of sp³-hybridized carbons (Fsp3) is 0.625. The van der Waals surface area contributed by atoms with Crippen molar-refractivity contribution in [3.63, 3.8) is 0 Å². The maximum atomic E-state index is 5.74. The molecule has 19 heavy (non-hydrogen) atoms. The second-order valence-electron chi connectivity index (χ2n) is 5.15. The lowest BCUT2D eigenvalue weighted by Gasteiger charge is -2.24. The van der Waals surface area contributed by atoms with E-state index in [4.69, 9.17) is 4.74 Å². The molecular weight excluding hydrogens is 236 g/mol. The van der Waals surface area contributed by atoms with Gasteiger partial charge in [0.05, 0.1) is 6.61 Å².